The first-order chi connectivity index (χ1) is 12.9. The second-order valence-electron chi connectivity index (χ2n) is 9.79. The van der Waals surface area contributed by atoms with Gasteiger partial charge < -0.3 is 19.1 Å². The van der Waals surface area contributed by atoms with Crippen LogP contribution < -0.4 is 9.47 Å². The Kier molecular flexibility index (Phi) is 2.95. The molecular formula is C22H28NO4+. The Morgan fingerprint density at radius 1 is 1.33 bits per heavy atom. The van der Waals surface area contributed by atoms with Crippen molar-refractivity contribution in [2.45, 2.75) is 61.7 Å². The fourth-order valence-electron chi connectivity index (χ4n) is 7.09. The summed E-state index contributed by atoms with van der Waals surface area (Å²) in [4.78, 5) is 12.9. The van der Waals surface area contributed by atoms with Gasteiger partial charge in [-0.15, -0.1) is 0 Å². The highest BCUT2D eigenvalue weighted by atomic mass is 16.5. The largest absolute Gasteiger partial charge is 0.493 e. The summed E-state index contributed by atoms with van der Waals surface area (Å²) in [6.07, 6.45) is 4.74. The number of rotatable bonds is 3. The highest BCUT2D eigenvalue weighted by Crippen LogP contribution is 2.66. The molecular weight excluding hydrogens is 342 g/mol. The lowest BCUT2D eigenvalue weighted by atomic mass is 9.48. The zero-order chi connectivity index (χ0) is 18.6. The number of quaternary nitrogens is 1. The number of ketones is 1. The number of likely N-dealkylation sites (tertiary alicyclic amines) is 1. The molecule has 5 aliphatic rings. The van der Waals surface area contributed by atoms with E-state index in [4.69, 9.17) is 9.47 Å². The van der Waals surface area contributed by atoms with Crippen molar-refractivity contribution in [3.8, 4) is 11.5 Å². The zero-order valence-corrected chi connectivity index (χ0v) is 16.2. The molecule has 1 saturated heterocycles. The number of likely N-dealkylation sites (N-methyl/N-ethyl adjacent to an activating group) is 1. The van der Waals surface area contributed by atoms with Gasteiger partial charge in [-0.1, -0.05) is 6.07 Å². The van der Waals surface area contributed by atoms with Gasteiger partial charge in [-0.2, -0.15) is 0 Å². The average Bonchev–Trinajstić information content (AvgIpc) is 3.37. The van der Waals surface area contributed by atoms with Crippen LogP contribution in [0.4, 0.5) is 0 Å². The van der Waals surface area contributed by atoms with Crippen LogP contribution in [0.15, 0.2) is 12.1 Å². The molecule has 0 aromatic heterocycles. The lowest BCUT2D eigenvalue weighted by Gasteiger charge is -2.64. The number of benzene rings is 1. The molecule has 5 nitrogen and oxygen atoms in total. The van der Waals surface area contributed by atoms with Crippen molar-refractivity contribution in [3.63, 3.8) is 0 Å². The van der Waals surface area contributed by atoms with Crippen LogP contribution in [0.5, 0.6) is 11.5 Å². The van der Waals surface area contributed by atoms with Crippen LogP contribution in [0.3, 0.4) is 0 Å². The van der Waals surface area contributed by atoms with Gasteiger partial charge in [0.05, 0.1) is 32.7 Å². The first-order valence-corrected chi connectivity index (χ1v) is 10.4. The monoisotopic (exact) mass is 370 g/mol. The quantitative estimate of drug-likeness (QED) is 0.827. The van der Waals surface area contributed by atoms with Crippen LogP contribution in [0, 0.1) is 5.92 Å². The van der Waals surface area contributed by atoms with Crippen molar-refractivity contribution in [3.05, 3.63) is 23.3 Å². The van der Waals surface area contributed by atoms with Gasteiger partial charge in [0.1, 0.15) is 11.6 Å². The van der Waals surface area contributed by atoms with Gasteiger partial charge in [0.15, 0.2) is 23.4 Å². The van der Waals surface area contributed by atoms with E-state index >= 15 is 0 Å². The normalized spacial score (nSPS) is 43.9. The number of ether oxygens (including phenoxy) is 2. The molecule has 2 heterocycles. The smallest absolute Gasteiger partial charge is 0.174 e. The molecule has 1 aromatic rings. The molecule has 0 radical (unpaired) electrons. The van der Waals surface area contributed by atoms with Crippen molar-refractivity contribution in [1.82, 2.24) is 0 Å². The van der Waals surface area contributed by atoms with E-state index < -0.39 is 17.1 Å². The summed E-state index contributed by atoms with van der Waals surface area (Å²) in [5, 5.41) is 12.3. The second-order valence-corrected chi connectivity index (χ2v) is 9.79. The molecule has 5 atom stereocenters. The highest BCUT2D eigenvalue weighted by Gasteiger charge is 2.76. The zero-order valence-electron chi connectivity index (χ0n) is 16.2. The Balaban J connectivity index is 1.59. The third-order valence-corrected chi connectivity index (χ3v) is 8.48. The lowest BCUT2D eigenvalue weighted by molar-refractivity contribution is -0.950. The van der Waals surface area contributed by atoms with Crippen LogP contribution in [0.2, 0.25) is 0 Å². The summed E-state index contributed by atoms with van der Waals surface area (Å²) in [5.41, 5.74) is 0.859. The van der Waals surface area contributed by atoms with Crippen LogP contribution in [-0.4, -0.2) is 60.4 Å². The molecule has 5 heteroatoms. The van der Waals surface area contributed by atoms with Gasteiger partial charge in [-0.3, -0.25) is 4.79 Å². The molecule has 2 unspecified atom stereocenters. The van der Waals surface area contributed by atoms with E-state index in [9.17, 15) is 9.90 Å². The van der Waals surface area contributed by atoms with E-state index in [1.807, 2.05) is 6.07 Å². The van der Waals surface area contributed by atoms with Crippen LogP contribution in [0.1, 0.15) is 43.2 Å². The Morgan fingerprint density at radius 3 is 2.89 bits per heavy atom. The first-order valence-electron chi connectivity index (χ1n) is 10.4. The van der Waals surface area contributed by atoms with E-state index in [1.54, 1.807) is 7.11 Å². The van der Waals surface area contributed by atoms with E-state index in [0.717, 1.165) is 41.9 Å². The topological polar surface area (TPSA) is 55.8 Å². The summed E-state index contributed by atoms with van der Waals surface area (Å²) >= 11 is 0. The third-order valence-electron chi connectivity index (χ3n) is 8.48. The Morgan fingerprint density at radius 2 is 2.15 bits per heavy atom. The first kappa shape index (κ1) is 16.4. The fourth-order valence-corrected chi connectivity index (χ4v) is 7.09. The van der Waals surface area contributed by atoms with Gasteiger partial charge >= 0.3 is 0 Å². The number of Topliss-reactive ketones (excluding diaryl/α,β-unsaturated/α-hetero) is 1. The number of piperidine rings is 1. The maximum absolute atomic E-state index is 12.9. The molecule has 1 spiro atoms. The number of hydrogen-bond donors (Lipinski definition) is 1. The summed E-state index contributed by atoms with van der Waals surface area (Å²) in [5.74, 6) is 2.35. The van der Waals surface area contributed by atoms with E-state index in [1.165, 1.54) is 18.4 Å². The van der Waals surface area contributed by atoms with Crippen molar-refractivity contribution >= 4 is 5.78 Å². The van der Waals surface area contributed by atoms with Crippen molar-refractivity contribution in [2.24, 2.45) is 5.92 Å². The van der Waals surface area contributed by atoms with Crippen LogP contribution in [-0.2, 0) is 16.6 Å². The summed E-state index contributed by atoms with van der Waals surface area (Å²) in [6.45, 7) is 2.16. The van der Waals surface area contributed by atoms with Crippen LogP contribution >= 0.6 is 0 Å². The molecule has 2 aliphatic heterocycles. The summed E-state index contributed by atoms with van der Waals surface area (Å²) in [7, 11) is 3.98. The maximum atomic E-state index is 12.9. The van der Waals surface area contributed by atoms with E-state index in [2.05, 4.69) is 13.1 Å². The van der Waals surface area contributed by atoms with Gasteiger partial charge in [-0.05, 0) is 30.9 Å². The minimum absolute atomic E-state index is 0.137. The SMILES string of the molecule is COc1ccc2c3c1O[C@@H]1C(=O)CC[C@]4(O)C(C2)[N+](C)(CC2CC2)CC[C@@]314. The van der Waals surface area contributed by atoms with Crippen molar-refractivity contribution in [2.75, 3.05) is 27.2 Å². The Hall–Kier alpha value is -1.59. The van der Waals surface area contributed by atoms with Gasteiger partial charge in [0, 0.05) is 30.7 Å². The second kappa shape index (κ2) is 4.87. The number of hydrogen-bond acceptors (Lipinski definition) is 4. The highest BCUT2D eigenvalue weighted by molar-refractivity contribution is 5.90. The number of methoxy groups -OCH3 is 1. The van der Waals surface area contributed by atoms with Gasteiger partial charge in [0.25, 0.3) is 0 Å². The van der Waals surface area contributed by atoms with Crippen molar-refractivity contribution < 1.29 is 23.9 Å². The van der Waals surface area contributed by atoms with Crippen molar-refractivity contribution in [1.29, 1.82) is 0 Å². The molecule has 3 aliphatic carbocycles. The standard InChI is InChI=1S/C22H28NO4/c1-23(12-13-3-4-13)10-9-21-18-14-5-6-16(26-2)19(18)27-20(21)15(24)7-8-22(21,25)17(23)11-14/h5-6,13,17,20,25H,3-4,7-12H2,1-2H3/q+1/t17?,20-,21-,22+,23?/m1/s1. The van der Waals surface area contributed by atoms with Crippen LogP contribution in [0.25, 0.3) is 0 Å². The fraction of sp³-hybridized carbons (Fsp3) is 0.682. The van der Waals surface area contributed by atoms with Gasteiger partial charge in [-0.25, -0.2) is 0 Å². The number of nitrogens with zero attached hydrogens (tertiary/aromatic N) is 1. The third kappa shape index (κ3) is 1.76. The molecule has 1 aromatic carbocycles. The maximum Gasteiger partial charge on any atom is 0.174 e. The average molecular weight is 370 g/mol. The van der Waals surface area contributed by atoms with E-state index in [0.29, 0.717) is 24.3 Å². The summed E-state index contributed by atoms with van der Waals surface area (Å²) < 4.78 is 12.8. The molecule has 0 amide bonds. The molecule has 2 saturated carbocycles. The molecule has 2 bridgehead atoms. The molecule has 3 fully saturated rings. The molecule has 1 N–H and O–H groups in total. The lowest BCUT2D eigenvalue weighted by Crippen LogP contribution is -2.80. The number of aliphatic hydroxyl groups is 1. The molecule has 144 valence electrons. The van der Waals surface area contributed by atoms with Gasteiger partial charge in [0.2, 0.25) is 0 Å². The molecule has 27 heavy (non-hydrogen) atoms. The van der Waals surface area contributed by atoms with E-state index in [-0.39, 0.29) is 11.8 Å². The number of carbonyl (C=O) groups excluding carboxylic acids is 1. The minimum atomic E-state index is -0.877. The minimum Gasteiger partial charge on any atom is -0.493 e. The Bertz CT molecular complexity index is 864. The molecule has 6 rings (SSSR count). The summed E-state index contributed by atoms with van der Waals surface area (Å²) in [6, 6.07) is 4.25. The predicted molar refractivity (Wildman–Crippen MR) is 99.0 cm³/mol. The Labute approximate surface area is 159 Å². The predicted octanol–water partition coefficient (Wildman–Crippen LogP) is 1.97. The number of carbonyl (C=O) groups is 1.